The summed E-state index contributed by atoms with van der Waals surface area (Å²) in [6.07, 6.45) is 2.71. The third-order valence-electron chi connectivity index (χ3n) is 3.53. The smallest absolute Gasteiger partial charge is 0.319 e. The van der Waals surface area contributed by atoms with Gasteiger partial charge in [0.2, 0.25) is 0 Å². The molecule has 3 aromatic rings. The average Bonchev–Trinajstić information content (AvgIpc) is 2.94. The van der Waals surface area contributed by atoms with E-state index in [4.69, 9.17) is 23.2 Å². The number of anilines is 1. The van der Waals surface area contributed by atoms with Gasteiger partial charge in [0, 0.05) is 28.7 Å². The van der Waals surface area contributed by atoms with Crippen molar-refractivity contribution in [3.05, 3.63) is 64.3 Å². The van der Waals surface area contributed by atoms with E-state index in [0.717, 1.165) is 11.9 Å². The molecule has 0 unspecified atom stereocenters. The van der Waals surface area contributed by atoms with E-state index < -0.39 is 0 Å². The minimum atomic E-state index is -0.311. The molecule has 0 saturated heterocycles. The standard InChI is InChI=1S/C17H15Cl2N3O/c18-12-5-6-14(19)16(9-12)22-17(23)20-8-7-11-10-21-15-4-2-1-3-13(11)15/h1-6,9-10,21H,7-8H2,(H2,20,22,23). The quantitative estimate of drug-likeness (QED) is 0.621. The van der Waals surface area contributed by atoms with Gasteiger partial charge >= 0.3 is 6.03 Å². The van der Waals surface area contributed by atoms with Crippen LogP contribution >= 0.6 is 23.2 Å². The highest BCUT2D eigenvalue weighted by Crippen LogP contribution is 2.25. The predicted octanol–water partition coefficient (Wildman–Crippen LogP) is 4.84. The van der Waals surface area contributed by atoms with Crippen molar-refractivity contribution in [3.8, 4) is 0 Å². The van der Waals surface area contributed by atoms with Crippen LogP contribution in [-0.2, 0) is 6.42 Å². The molecule has 1 heterocycles. The van der Waals surface area contributed by atoms with Crippen LogP contribution in [0.3, 0.4) is 0 Å². The number of amides is 2. The van der Waals surface area contributed by atoms with Crippen molar-refractivity contribution in [2.24, 2.45) is 0 Å². The Balaban J connectivity index is 1.56. The highest BCUT2D eigenvalue weighted by molar-refractivity contribution is 6.35. The summed E-state index contributed by atoms with van der Waals surface area (Å²) in [5.41, 5.74) is 2.75. The van der Waals surface area contributed by atoms with Crippen molar-refractivity contribution in [3.63, 3.8) is 0 Å². The zero-order chi connectivity index (χ0) is 16.2. The molecule has 0 aliphatic carbocycles. The Kier molecular flexibility index (Phi) is 4.74. The fourth-order valence-corrected chi connectivity index (χ4v) is 2.75. The van der Waals surface area contributed by atoms with Crippen LogP contribution in [-0.4, -0.2) is 17.6 Å². The highest BCUT2D eigenvalue weighted by Gasteiger charge is 2.07. The number of hydrogen-bond acceptors (Lipinski definition) is 1. The summed E-state index contributed by atoms with van der Waals surface area (Å²) < 4.78 is 0. The van der Waals surface area contributed by atoms with Crippen LogP contribution < -0.4 is 10.6 Å². The third kappa shape index (κ3) is 3.78. The van der Waals surface area contributed by atoms with E-state index in [1.54, 1.807) is 18.2 Å². The largest absolute Gasteiger partial charge is 0.361 e. The normalized spacial score (nSPS) is 10.7. The molecule has 0 atom stereocenters. The van der Waals surface area contributed by atoms with Crippen molar-refractivity contribution in [2.75, 3.05) is 11.9 Å². The average molecular weight is 348 g/mol. The zero-order valence-electron chi connectivity index (χ0n) is 12.2. The van der Waals surface area contributed by atoms with Gasteiger partial charge in [-0.25, -0.2) is 4.79 Å². The molecule has 3 rings (SSSR count). The Hall–Kier alpha value is -2.17. The van der Waals surface area contributed by atoms with Gasteiger partial charge in [-0.15, -0.1) is 0 Å². The second-order valence-electron chi connectivity index (χ2n) is 5.11. The Bertz CT molecular complexity index is 845. The minimum absolute atomic E-state index is 0.311. The van der Waals surface area contributed by atoms with E-state index >= 15 is 0 Å². The van der Waals surface area contributed by atoms with Crippen LogP contribution in [0.4, 0.5) is 10.5 Å². The summed E-state index contributed by atoms with van der Waals surface area (Å²) in [4.78, 5) is 15.2. The molecule has 4 nitrogen and oxygen atoms in total. The molecule has 0 radical (unpaired) electrons. The summed E-state index contributed by atoms with van der Waals surface area (Å²) in [6.45, 7) is 0.520. The van der Waals surface area contributed by atoms with Crippen molar-refractivity contribution in [1.82, 2.24) is 10.3 Å². The van der Waals surface area contributed by atoms with Crippen molar-refractivity contribution in [2.45, 2.75) is 6.42 Å². The summed E-state index contributed by atoms with van der Waals surface area (Å²) in [5.74, 6) is 0. The fourth-order valence-electron chi connectivity index (χ4n) is 2.41. The number of para-hydroxylation sites is 1. The number of benzene rings is 2. The molecule has 0 spiro atoms. The number of urea groups is 1. The van der Waals surface area contributed by atoms with E-state index in [1.165, 1.54) is 10.9 Å². The molecule has 118 valence electrons. The number of nitrogens with one attached hydrogen (secondary N) is 3. The molecule has 0 aliphatic heterocycles. The van der Waals surface area contributed by atoms with Crippen LogP contribution in [0.1, 0.15) is 5.56 Å². The maximum Gasteiger partial charge on any atom is 0.319 e. The SMILES string of the molecule is O=C(NCCc1c[nH]c2ccccc12)Nc1cc(Cl)ccc1Cl. The molecule has 0 bridgehead atoms. The molecule has 0 saturated carbocycles. The van der Waals surface area contributed by atoms with Gasteiger partial charge in [0.1, 0.15) is 0 Å². The number of aromatic amines is 1. The summed E-state index contributed by atoms with van der Waals surface area (Å²) in [7, 11) is 0. The van der Waals surface area contributed by atoms with Crippen LogP contribution in [0, 0.1) is 0 Å². The van der Waals surface area contributed by atoms with E-state index in [0.29, 0.717) is 22.3 Å². The van der Waals surface area contributed by atoms with Crippen LogP contribution in [0.15, 0.2) is 48.7 Å². The number of carbonyl (C=O) groups excluding carboxylic acids is 1. The molecular formula is C17H15Cl2N3O. The fraction of sp³-hybridized carbons (Fsp3) is 0.118. The lowest BCUT2D eigenvalue weighted by Gasteiger charge is -2.09. The van der Waals surface area contributed by atoms with Gasteiger partial charge in [0.05, 0.1) is 10.7 Å². The monoisotopic (exact) mass is 347 g/mol. The Morgan fingerprint density at radius 3 is 2.83 bits per heavy atom. The molecule has 0 aliphatic rings. The number of fused-ring (bicyclic) bond motifs is 1. The summed E-state index contributed by atoms with van der Waals surface area (Å²) >= 11 is 11.9. The van der Waals surface area contributed by atoms with Gasteiger partial charge in [-0.1, -0.05) is 41.4 Å². The maximum atomic E-state index is 11.9. The lowest BCUT2D eigenvalue weighted by atomic mass is 10.1. The van der Waals surface area contributed by atoms with Crippen molar-refractivity contribution >= 4 is 45.8 Å². The topological polar surface area (TPSA) is 56.9 Å². The van der Waals surface area contributed by atoms with Gasteiger partial charge in [0.25, 0.3) is 0 Å². The van der Waals surface area contributed by atoms with Gasteiger partial charge in [0.15, 0.2) is 0 Å². The number of carbonyl (C=O) groups is 1. The zero-order valence-corrected chi connectivity index (χ0v) is 13.7. The first-order chi connectivity index (χ1) is 11.1. The van der Waals surface area contributed by atoms with Gasteiger partial charge in [-0.2, -0.15) is 0 Å². The second-order valence-corrected chi connectivity index (χ2v) is 5.96. The molecular weight excluding hydrogens is 333 g/mol. The molecule has 6 heteroatoms. The van der Waals surface area contributed by atoms with Gasteiger partial charge in [-0.05, 0) is 36.2 Å². The van der Waals surface area contributed by atoms with E-state index in [-0.39, 0.29) is 6.03 Å². The Morgan fingerprint density at radius 1 is 1.13 bits per heavy atom. The van der Waals surface area contributed by atoms with E-state index in [1.807, 2.05) is 24.4 Å². The number of aromatic nitrogens is 1. The number of hydrogen-bond donors (Lipinski definition) is 3. The Morgan fingerprint density at radius 2 is 1.96 bits per heavy atom. The first-order valence-corrected chi connectivity index (χ1v) is 7.94. The number of rotatable bonds is 4. The molecule has 2 aromatic carbocycles. The predicted molar refractivity (Wildman–Crippen MR) is 95.5 cm³/mol. The number of H-pyrrole nitrogens is 1. The van der Waals surface area contributed by atoms with Crippen molar-refractivity contribution in [1.29, 1.82) is 0 Å². The maximum absolute atomic E-state index is 11.9. The molecule has 3 N–H and O–H groups in total. The first kappa shape index (κ1) is 15.7. The number of halogens is 2. The van der Waals surface area contributed by atoms with E-state index in [2.05, 4.69) is 21.7 Å². The van der Waals surface area contributed by atoms with Gasteiger partial charge < -0.3 is 15.6 Å². The van der Waals surface area contributed by atoms with Crippen LogP contribution in [0.2, 0.25) is 10.0 Å². The lowest BCUT2D eigenvalue weighted by molar-refractivity contribution is 0.252. The highest BCUT2D eigenvalue weighted by atomic mass is 35.5. The van der Waals surface area contributed by atoms with Crippen LogP contribution in [0.5, 0.6) is 0 Å². The van der Waals surface area contributed by atoms with Crippen molar-refractivity contribution < 1.29 is 4.79 Å². The minimum Gasteiger partial charge on any atom is -0.361 e. The second kappa shape index (κ2) is 6.94. The first-order valence-electron chi connectivity index (χ1n) is 7.18. The molecule has 2 amide bonds. The van der Waals surface area contributed by atoms with Gasteiger partial charge in [-0.3, -0.25) is 0 Å². The Labute approximate surface area is 143 Å². The van der Waals surface area contributed by atoms with E-state index in [9.17, 15) is 4.79 Å². The third-order valence-corrected chi connectivity index (χ3v) is 4.10. The molecule has 1 aromatic heterocycles. The molecule has 0 fully saturated rings. The molecule has 23 heavy (non-hydrogen) atoms. The van der Waals surface area contributed by atoms with Crippen LogP contribution in [0.25, 0.3) is 10.9 Å². The summed E-state index contributed by atoms with van der Waals surface area (Å²) in [5, 5.41) is 7.65. The lowest BCUT2D eigenvalue weighted by Crippen LogP contribution is -2.30. The summed E-state index contributed by atoms with van der Waals surface area (Å²) in [6, 6.07) is 12.7.